The first kappa shape index (κ1) is 18.2. The Kier molecular flexibility index (Phi) is 7.85. The van der Waals surface area contributed by atoms with Crippen LogP contribution < -0.4 is 10.6 Å². The van der Waals surface area contributed by atoms with Gasteiger partial charge < -0.3 is 15.4 Å². The van der Waals surface area contributed by atoms with Crippen LogP contribution in [0.4, 0.5) is 0 Å². The van der Waals surface area contributed by atoms with Gasteiger partial charge in [0.2, 0.25) is 0 Å². The molecule has 23 heavy (non-hydrogen) atoms. The number of hydrogen-bond acceptors (Lipinski definition) is 4. The number of hydrogen-bond donors (Lipinski definition) is 2. The molecule has 1 fully saturated rings. The molecule has 2 heterocycles. The van der Waals surface area contributed by atoms with Crippen LogP contribution in [0.1, 0.15) is 31.2 Å². The molecule has 1 aromatic rings. The Balaban J connectivity index is 1.89. The minimum Gasteiger partial charge on any atom is -0.379 e. The van der Waals surface area contributed by atoms with Crippen LogP contribution in [-0.4, -0.2) is 57.3 Å². The fourth-order valence-electron chi connectivity index (χ4n) is 2.67. The second kappa shape index (κ2) is 9.90. The van der Waals surface area contributed by atoms with Crippen molar-refractivity contribution in [3.8, 4) is 0 Å². The summed E-state index contributed by atoms with van der Waals surface area (Å²) in [5.41, 5.74) is 0. The maximum absolute atomic E-state index is 5.49. The zero-order valence-corrected chi connectivity index (χ0v) is 15.4. The summed E-state index contributed by atoms with van der Waals surface area (Å²) < 4.78 is 5.49. The zero-order chi connectivity index (χ0) is 16.5. The van der Waals surface area contributed by atoms with Crippen molar-refractivity contribution in [2.75, 3.05) is 46.4 Å². The molecule has 5 nitrogen and oxygen atoms in total. The number of guanidine groups is 1. The number of morpholine rings is 1. The SMILES string of the molecule is CN=C(NCCC(C)C)NCC(c1cccs1)N1CCOCC1. The summed E-state index contributed by atoms with van der Waals surface area (Å²) in [6.07, 6.45) is 1.15. The summed E-state index contributed by atoms with van der Waals surface area (Å²) in [7, 11) is 1.83. The van der Waals surface area contributed by atoms with Gasteiger partial charge >= 0.3 is 0 Å². The molecule has 0 saturated carbocycles. The Labute approximate surface area is 144 Å². The molecule has 0 radical (unpaired) electrons. The van der Waals surface area contributed by atoms with E-state index in [0.717, 1.165) is 51.8 Å². The van der Waals surface area contributed by atoms with Crippen molar-refractivity contribution in [3.05, 3.63) is 22.4 Å². The summed E-state index contributed by atoms with van der Waals surface area (Å²) in [5.74, 6) is 1.59. The molecule has 6 heteroatoms. The van der Waals surface area contributed by atoms with Crippen molar-refractivity contribution in [2.24, 2.45) is 10.9 Å². The van der Waals surface area contributed by atoms with Crippen molar-refractivity contribution in [1.29, 1.82) is 0 Å². The summed E-state index contributed by atoms with van der Waals surface area (Å²) in [5, 5.41) is 9.05. The molecule has 130 valence electrons. The van der Waals surface area contributed by atoms with E-state index in [1.807, 2.05) is 18.4 Å². The Morgan fingerprint density at radius 2 is 2.13 bits per heavy atom. The van der Waals surface area contributed by atoms with Crippen molar-refractivity contribution < 1.29 is 4.74 Å². The Hall–Kier alpha value is -1.11. The van der Waals surface area contributed by atoms with Gasteiger partial charge in [0.15, 0.2) is 5.96 Å². The van der Waals surface area contributed by atoms with Gasteiger partial charge in [-0.1, -0.05) is 19.9 Å². The van der Waals surface area contributed by atoms with E-state index in [9.17, 15) is 0 Å². The number of rotatable bonds is 7. The molecule has 1 atom stereocenters. The van der Waals surface area contributed by atoms with Gasteiger partial charge in [-0.15, -0.1) is 11.3 Å². The largest absolute Gasteiger partial charge is 0.379 e. The lowest BCUT2D eigenvalue weighted by Gasteiger charge is -2.34. The van der Waals surface area contributed by atoms with Gasteiger partial charge in [-0.2, -0.15) is 0 Å². The van der Waals surface area contributed by atoms with E-state index in [-0.39, 0.29) is 0 Å². The standard InChI is InChI=1S/C17H30N4OS/c1-14(2)6-7-19-17(18-3)20-13-15(16-5-4-12-23-16)21-8-10-22-11-9-21/h4-5,12,14-15H,6-11,13H2,1-3H3,(H2,18,19,20). The summed E-state index contributed by atoms with van der Waals surface area (Å²) in [4.78, 5) is 8.24. The molecule has 1 unspecified atom stereocenters. The van der Waals surface area contributed by atoms with Gasteiger partial charge in [-0.25, -0.2) is 0 Å². The van der Waals surface area contributed by atoms with Crippen molar-refractivity contribution >= 4 is 17.3 Å². The summed E-state index contributed by atoms with van der Waals surface area (Å²) in [6, 6.07) is 4.73. The lowest BCUT2D eigenvalue weighted by atomic mass is 10.1. The Bertz CT molecular complexity index is 455. The van der Waals surface area contributed by atoms with E-state index in [4.69, 9.17) is 4.74 Å². The van der Waals surface area contributed by atoms with Crippen LogP contribution in [0.2, 0.25) is 0 Å². The highest BCUT2D eigenvalue weighted by Crippen LogP contribution is 2.25. The fourth-order valence-corrected chi connectivity index (χ4v) is 3.53. The van der Waals surface area contributed by atoms with Crippen molar-refractivity contribution in [1.82, 2.24) is 15.5 Å². The van der Waals surface area contributed by atoms with Crippen LogP contribution in [0.15, 0.2) is 22.5 Å². The fraction of sp³-hybridized carbons (Fsp3) is 0.706. The van der Waals surface area contributed by atoms with Crippen LogP contribution in [-0.2, 0) is 4.74 Å². The van der Waals surface area contributed by atoms with Crippen LogP contribution in [0.25, 0.3) is 0 Å². The number of ether oxygens (including phenoxy) is 1. The second-order valence-corrected chi connectivity index (χ2v) is 7.22. The average molecular weight is 339 g/mol. The number of nitrogens with one attached hydrogen (secondary N) is 2. The van der Waals surface area contributed by atoms with E-state index < -0.39 is 0 Å². The van der Waals surface area contributed by atoms with E-state index in [0.29, 0.717) is 12.0 Å². The molecule has 1 saturated heterocycles. The molecule has 2 rings (SSSR count). The van der Waals surface area contributed by atoms with Gasteiger partial charge in [0.25, 0.3) is 0 Å². The summed E-state index contributed by atoms with van der Waals surface area (Å²) in [6.45, 7) is 9.92. The maximum atomic E-state index is 5.49. The van der Waals surface area contributed by atoms with E-state index in [1.54, 1.807) is 0 Å². The molecule has 0 aliphatic carbocycles. The molecule has 0 bridgehead atoms. The Morgan fingerprint density at radius 1 is 1.35 bits per heavy atom. The lowest BCUT2D eigenvalue weighted by Crippen LogP contribution is -2.46. The molecular formula is C17H30N4OS. The highest BCUT2D eigenvalue weighted by atomic mass is 32.1. The van der Waals surface area contributed by atoms with Crippen LogP contribution in [0.3, 0.4) is 0 Å². The van der Waals surface area contributed by atoms with Crippen molar-refractivity contribution in [2.45, 2.75) is 26.3 Å². The average Bonchev–Trinajstić information content (AvgIpc) is 3.08. The van der Waals surface area contributed by atoms with Gasteiger partial charge in [0.1, 0.15) is 0 Å². The quantitative estimate of drug-likeness (QED) is 0.592. The van der Waals surface area contributed by atoms with E-state index in [1.165, 1.54) is 4.88 Å². The molecule has 2 N–H and O–H groups in total. The van der Waals surface area contributed by atoms with Gasteiger partial charge in [-0.05, 0) is 23.8 Å². The predicted molar refractivity (Wildman–Crippen MR) is 98.3 cm³/mol. The topological polar surface area (TPSA) is 48.9 Å². The molecular weight excluding hydrogens is 308 g/mol. The molecule has 1 aromatic heterocycles. The maximum Gasteiger partial charge on any atom is 0.191 e. The smallest absolute Gasteiger partial charge is 0.191 e. The minimum absolute atomic E-state index is 0.377. The number of thiophene rings is 1. The third-order valence-corrected chi connectivity index (χ3v) is 5.03. The zero-order valence-electron chi connectivity index (χ0n) is 14.5. The third kappa shape index (κ3) is 6.12. The number of nitrogens with zero attached hydrogens (tertiary/aromatic N) is 2. The normalized spacial score (nSPS) is 18.2. The first-order valence-corrected chi connectivity index (χ1v) is 9.38. The number of aliphatic imine (C=N–C) groups is 1. The summed E-state index contributed by atoms with van der Waals surface area (Å²) >= 11 is 1.82. The van der Waals surface area contributed by atoms with Gasteiger partial charge in [0.05, 0.1) is 19.3 Å². The van der Waals surface area contributed by atoms with Gasteiger partial charge in [-0.3, -0.25) is 9.89 Å². The highest BCUT2D eigenvalue weighted by Gasteiger charge is 2.23. The molecule has 1 aliphatic rings. The lowest BCUT2D eigenvalue weighted by molar-refractivity contribution is 0.0177. The van der Waals surface area contributed by atoms with E-state index >= 15 is 0 Å². The van der Waals surface area contributed by atoms with Crippen molar-refractivity contribution in [3.63, 3.8) is 0 Å². The van der Waals surface area contributed by atoms with Gasteiger partial charge in [0, 0.05) is 38.1 Å². The molecule has 0 aromatic carbocycles. The predicted octanol–water partition coefficient (Wildman–Crippen LogP) is 2.33. The first-order chi connectivity index (χ1) is 11.2. The van der Waals surface area contributed by atoms with Crippen LogP contribution in [0, 0.1) is 5.92 Å². The monoisotopic (exact) mass is 338 g/mol. The third-order valence-electron chi connectivity index (χ3n) is 4.06. The first-order valence-electron chi connectivity index (χ1n) is 8.50. The second-order valence-electron chi connectivity index (χ2n) is 6.24. The molecule has 0 spiro atoms. The minimum atomic E-state index is 0.377. The van der Waals surface area contributed by atoms with Crippen LogP contribution >= 0.6 is 11.3 Å². The Morgan fingerprint density at radius 3 is 2.74 bits per heavy atom. The van der Waals surface area contributed by atoms with E-state index in [2.05, 4.69) is 51.9 Å². The highest BCUT2D eigenvalue weighted by molar-refractivity contribution is 7.10. The molecule has 1 aliphatic heterocycles. The molecule has 0 amide bonds. The van der Waals surface area contributed by atoms with Crippen LogP contribution in [0.5, 0.6) is 0 Å².